The van der Waals surface area contributed by atoms with Crippen LogP contribution in [-0.2, 0) is 0 Å². The van der Waals surface area contributed by atoms with Gasteiger partial charge in [0.15, 0.2) is 5.76 Å². The van der Waals surface area contributed by atoms with E-state index in [2.05, 4.69) is 10.6 Å². The molecule has 1 saturated heterocycles. The van der Waals surface area contributed by atoms with Crippen LogP contribution in [0.25, 0.3) is 11.0 Å². The highest BCUT2D eigenvalue weighted by atomic mass is 16.3. The van der Waals surface area contributed by atoms with Gasteiger partial charge in [-0.15, -0.1) is 0 Å². The van der Waals surface area contributed by atoms with Crippen molar-refractivity contribution in [2.24, 2.45) is 0 Å². The van der Waals surface area contributed by atoms with Gasteiger partial charge in [-0.05, 0) is 45.0 Å². The Labute approximate surface area is 123 Å². The lowest BCUT2D eigenvalue weighted by Crippen LogP contribution is -2.55. The van der Waals surface area contributed by atoms with E-state index in [0.717, 1.165) is 18.5 Å². The third kappa shape index (κ3) is 2.80. The first-order valence-corrected chi connectivity index (χ1v) is 7.31. The van der Waals surface area contributed by atoms with Crippen molar-refractivity contribution < 1.29 is 14.3 Å². The number of furan rings is 1. The molecule has 0 spiro atoms. The Balaban J connectivity index is 1.73. The summed E-state index contributed by atoms with van der Waals surface area (Å²) < 4.78 is 5.54. The van der Waals surface area contributed by atoms with Crippen LogP contribution in [0, 0.1) is 0 Å². The molecule has 5 heteroatoms. The predicted octanol–water partition coefficient (Wildman–Crippen LogP) is 1.67. The summed E-state index contributed by atoms with van der Waals surface area (Å²) in [6.45, 7) is 3.37. The van der Waals surface area contributed by atoms with Crippen LogP contribution in [0.1, 0.15) is 30.3 Å². The summed E-state index contributed by atoms with van der Waals surface area (Å²) >= 11 is 0. The summed E-state index contributed by atoms with van der Waals surface area (Å²) in [5.74, 6) is -0.00811. The number of amides is 1. The Morgan fingerprint density at radius 1 is 1.38 bits per heavy atom. The molecule has 3 N–H and O–H groups in total. The third-order valence-electron chi connectivity index (χ3n) is 4.27. The summed E-state index contributed by atoms with van der Waals surface area (Å²) in [5, 5.41) is 17.6. The SMILES string of the molecule is CC(NC(=O)c1cc2ccccc2o1)C1(O)CCNCC1. The second-order valence-electron chi connectivity index (χ2n) is 5.70. The van der Waals surface area contributed by atoms with Gasteiger partial charge >= 0.3 is 0 Å². The van der Waals surface area contributed by atoms with E-state index in [1.807, 2.05) is 31.2 Å². The molecule has 1 aliphatic rings. The molecule has 1 unspecified atom stereocenters. The highest BCUT2D eigenvalue weighted by Gasteiger charge is 2.36. The maximum Gasteiger partial charge on any atom is 0.287 e. The molecule has 112 valence electrons. The average molecular weight is 288 g/mol. The average Bonchev–Trinajstić information content (AvgIpc) is 2.92. The van der Waals surface area contributed by atoms with Gasteiger partial charge in [-0.1, -0.05) is 18.2 Å². The largest absolute Gasteiger partial charge is 0.451 e. The van der Waals surface area contributed by atoms with Crippen molar-refractivity contribution in [3.8, 4) is 0 Å². The first-order valence-electron chi connectivity index (χ1n) is 7.31. The lowest BCUT2D eigenvalue weighted by atomic mass is 9.86. The normalized spacial score (nSPS) is 19.3. The number of nitrogens with one attached hydrogen (secondary N) is 2. The molecule has 2 heterocycles. The molecule has 21 heavy (non-hydrogen) atoms. The lowest BCUT2D eigenvalue weighted by molar-refractivity contribution is -0.0181. The van der Waals surface area contributed by atoms with Crippen LogP contribution in [0.4, 0.5) is 0 Å². The fraction of sp³-hybridized carbons (Fsp3) is 0.438. The molecule has 0 bridgehead atoms. The molecule has 1 atom stereocenters. The van der Waals surface area contributed by atoms with Gasteiger partial charge in [0.05, 0.1) is 11.6 Å². The van der Waals surface area contributed by atoms with Crippen molar-refractivity contribution in [1.29, 1.82) is 0 Å². The van der Waals surface area contributed by atoms with E-state index in [4.69, 9.17) is 4.42 Å². The number of hydrogen-bond donors (Lipinski definition) is 3. The van der Waals surface area contributed by atoms with Gasteiger partial charge < -0.3 is 20.2 Å². The minimum absolute atomic E-state index is 0.278. The monoisotopic (exact) mass is 288 g/mol. The van der Waals surface area contributed by atoms with Crippen molar-refractivity contribution >= 4 is 16.9 Å². The minimum Gasteiger partial charge on any atom is -0.451 e. The van der Waals surface area contributed by atoms with E-state index in [0.29, 0.717) is 18.4 Å². The smallest absolute Gasteiger partial charge is 0.287 e. The molecule has 3 rings (SSSR count). The van der Waals surface area contributed by atoms with Crippen molar-refractivity contribution in [2.45, 2.75) is 31.4 Å². The summed E-state index contributed by atoms with van der Waals surface area (Å²) in [6.07, 6.45) is 1.27. The van der Waals surface area contributed by atoms with E-state index < -0.39 is 5.60 Å². The molecule has 0 saturated carbocycles. The molecule has 0 aliphatic carbocycles. The van der Waals surface area contributed by atoms with E-state index in [1.54, 1.807) is 6.07 Å². The van der Waals surface area contributed by atoms with E-state index in [-0.39, 0.29) is 17.7 Å². The number of fused-ring (bicyclic) bond motifs is 1. The molecule has 1 amide bonds. The van der Waals surface area contributed by atoms with Gasteiger partial charge in [-0.3, -0.25) is 4.79 Å². The maximum absolute atomic E-state index is 12.3. The zero-order chi connectivity index (χ0) is 14.9. The van der Waals surface area contributed by atoms with Crippen LogP contribution in [0.5, 0.6) is 0 Å². The van der Waals surface area contributed by atoms with E-state index in [9.17, 15) is 9.90 Å². The number of carbonyl (C=O) groups is 1. The van der Waals surface area contributed by atoms with Crippen molar-refractivity contribution in [2.75, 3.05) is 13.1 Å². The predicted molar refractivity (Wildman–Crippen MR) is 80.2 cm³/mol. The zero-order valence-electron chi connectivity index (χ0n) is 12.1. The van der Waals surface area contributed by atoms with Gasteiger partial charge in [-0.25, -0.2) is 0 Å². The van der Waals surface area contributed by atoms with Crippen LogP contribution >= 0.6 is 0 Å². The number of piperidine rings is 1. The molecule has 2 aromatic rings. The molecule has 5 nitrogen and oxygen atoms in total. The second-order valence-corrected chi connectivity index (χ2v) is 5.70. The summed E-state index contributed by atoms with van der Waals surface area (Å²) in [5.41, 5.74) is -0.164. The van der Waals surface area contributed by atoms with Crippen LogP contribution in [0.15, 0.2) is 34.7 Å². The molecule has 1 aromatic carbocycles. The van der Waals surface area contributed by atoms with Crippen molar-refractivity contribution in [1.82, 2.24) is 10.6 Å². The fourth-order valence-electron chi connectivity index (χ4n) is 2.79. The van der Waals surface area contributed by atoms with Gasteiger partial charge in [0.2, 0.25) is 0 Å². The number of para-hydroxylation sites is 1. The van der Waals surface area contributed by atoms with Gasteiger partial charge in [0, 0.05) is 5.39 Å². The molecule has 0 radical (unpaired) electrons. The quantitative estimate of drug-likeness (QED) is 0.803. The molecular formula is C16H20N2O3. The Morgan fingerprint density at radius 2 is 2.10 bits per heavy atom. The molecule has 1 aliphatic heterocycles. The highest BCUT2D eigenvalue weighted by Crippen LogP contribution is 2.23. The third-order valence-corrected chi connectivity index (χ3v) is 4.27. The van der Waals surface area contributed by atoms with Crippen molar-refractivity contribution in [3.63, 3.8) is 0 Å². The Hall–Kier alpha value is -1.85. The number of hydrogen-bond acceptors (Lipinski definition) is 4. The van der Waals surface area contributed by atoms with Crippen LogP contribution in [-0.4, -0.2) is 35.7 Å². The standard InChI is InChI=1S/C16H20N2O3/c1-11(16(20)6-8-17-9-7-16)18-15(19)14-10-12-4-2-3-5-13(12)21-14/h2-5,10-11,17,20H,6-9H2,1H3,(H,18,19). The van der Waals surface area contributed by atoms with Crippen LogP contribution in [0.3, 0.4) is 0 Å². The Kier molecular flexibility index (Phi) is 3.69. The first-order chi connectivity index (χ1) is 10.1. The first kappa shape index (κ1) is 14.1. The second kappa shape index (κ2) is 5.50. The highest BCUT2D eigenvalue weighted by molar-refractivity contribution is 5.96. The topological polar surface area (TPSA) is 74.5 Å². The summed E-state index contributed by atoms with van der Waals surface area (Å²) in [7, 11) is 0. The molecular weight excluding hydrogens is 268 g/mol. The molecule has 1 aromatic heterocycles. The van der Waals surface area contributed by atoms with Gasteiger partial charge in [0.25, 0.3) is 5.91 Å². The Bertz CT molecular complexity index is 611. The fourth-order valence-corrected chi connectivity index (χ4v) is 2.79. The van der Waals surface area contributed by atoms with E-state index >= 15 is 0 Å². The lowest BCUT2D eigenvalue weighted by Gasteiger charge is -2.37. The number of benzene rings is 1. The summed E-state index contributed by atoms with van der Waals surface area (Å²) in [4.78, 5) is 12.3. The Morgan fingerprint density at radius 3 is 2.81 bits per heavy atom. The maximum atomic E-state index is 12.3. The minimum atomic E-state index is -0.854. The van der Waals surface area contributed by atoms with Crippen molar-refractivity contribution in [3.05, 3.63) is 36.1 Å². The van der Waals surface area contributed by atoms with Crippen LogP contribution in [0.2, 0.25) is 0 Å². The molecule has 1 fully saturated rings. The zero-order valence-corrected chi connectivity index (χ0v) is 12.1. The number of carbonyl (C=O) groups excluding carboxylic acids is 1. The van der Waals surface area contributed by atoms with Crippen LogP contribution < -0.4 is 10.6 Å². The summed E-state index contributed by atoms with van der Waals surface area (Å²) in [6, 6.07) is 8.91. The number of rotatable bonds is 3. The van der Waals surface area contributed by atoms with Gasteiger partial charge in [0.1, 0.15) is 5.58 Å². The van der Waals surface area contributed by atoms with Gasteiger partial charge in [-0.2, -0.15) is 0 Å². The number of aliphatic hydroxyl groups is 1. The van der Waals surface area contributed by atoms with E-state index in [1.165, 1.54) is 0 Å².